The zero-order chi connectivity index (χ0) is 9.68. The summed E-state index contributed by atoms with van der Waals surface area (Å²) in [5, 5.41) is 0.975. The van der Waals surface area contributed by atoms with E-state index in [1.807, 2.05) is 0 Å². The average Bonchev–Trinajstić information content (AvgIpc) is 2.13. The van der Waals surface area contributed by atoms with E-state index in [0.717, 1.165) is 24.7 Å². The number of nitrogens with zero attached hydrogens (tertiary/aromatic N) is 2. The van der Waals surface area contributed by atoms with Crippen molar-refractivity contribution in [2.75, 3.05) is 5.33 Å². The number of unbranched alkanes of at least 4 members (excludes halogenated alkanes) is 1. The van der Waals surface area contributed by atoms with Crippen molar-refractivity contribution in [3.63, 3.8) is 0 Å². The Labute approximate surface area is 93.4 Å². The molecule has 1 aromatic heterocycles. The minimum absolute atomic E-state index is 0.00966. The normalized spacial score (nSPS) is 10.3. The Morgan fingerprint density at radius 1 is 1.46 bits per heavy atom. The highest BCUT2D eigenvalue weighted by Gasteiger charge is 1.99. The molecule has 1 aromatic rings. The molecule has 0 N–H and O–H groups in total. The van der Waals surface area contributed by atoms with Crippen LogP contribution in [-0.2, 0) is 6.54 Å². The van der Waals surface area contributed by atoms with E-state index in [9.17, 15) is 4.79 Å². The maximum atomic E-state index is 11.4. The second-order valence-corrected chi connectivity index (χ2v) is 4.28. The molecule has 0 fully saturated rings. The Hall–Kier alpha value is -0.160. The van der Waals surface area contributed by atoms with E-state index in [4.69, 9.17) is 0 Å². The molecule has 0 aromatic carbocycles. The van der Waals surface area contributed by atoms with Gasteiger partial charge in [-0.3, -0.25) is 9.36 Å². The van der Waals surface area contributed by atoms with Crippen LogP contribution in [0.3, 0.4) is 0 Å². The zero-order valence-electron chi connectivity index (χ0n) is 7.04. The van der Waals surface area contributed by atoms with Crippen LogP contribution in [0.15, 0.2) is 21.8 Å². The monoisotopic (exact) mass is 308 g/mol. The molecule has 0 aliphatic rings. The Morgan fingerprint density at radius 2 is 2.23 bits per heavy atom. The molecule has 0 saturated heterocycles. The molecule has 0 bridgehead atoms. The molecular weight excluding hydrogens is 300 g/mol. The number of hydrogen-bond donors (Lipinski definition) is 0. The number of aryl methyl sites for hydroxylation is 1. The number of alkyl halides is 1. The molecule has 3 nitrogen and oxygen atoms in total. The average molecular weight is 310 g/mol. The summed E-state index contributed by atoms with van der Waals surface area (Å²) >= 11 is 6.49. The predicted molar refractivity (Wildman–Crippen MR) is 59.2 cm³/mol. The van der Waals surface area contributed by atoms with Gasteiger partial charge < -0.3 is 0 Å². The summed E-state index contributed by atoms with van der Waals surface area (Å²) < 4.78 is 2.14. The number of aromatic nitrogens is 2. The van der Waals surface area contributed by atoms with Gasteiger partial charge in [-0.15, -0.1) is 0 Å². The SMILES string of the molecule is O=c1c(Br)cncn1CCCCBr. The van der Waals surface area contributed by atoms with E-state index in [-0.39, 0.29) is 5.56 Å². The predicted octanol–water partition coefficient (Wildman–Crippen LogP) is 2.18. The van der Waals surface area contributed by atoms with E-state index in [1.54, 1.807) is 10.9 Å². The summed E-state index contributed by atoms with van der Waals surface area (Å²) in [6.45, 7) is 0.733. The molecule has 72 valence electrons. The number of halogens is 2. The van der Waals surface area contributed by atoms with Gasteiger partial charge in [-0.25, -0.2) is 4.98 Å². The van der Waals surface area contributed by atoms with E-state index in [2.05, 4.69) is 36.8 Å². The molecule has 0 radical (unpaired) electrons. The molecular formula is C8H10Br2N2O. The van der Waals surface area contributed by atoms with Crippen molar-refractivity contribution in [3.8, 4) is 0 Å². The Bertz CT molecular complexity index is 324. The third-order valence-corrected chi connectivity index (χ3v) is 2.75. The first kappa shape index (κ1) is 10.9. The molecule has 1 rings (SSSR count). The molecule has 5 heteroatoms. The van der Waals surface area contributed by atoms with Gasteiger partial charge in [0.25, 0.3) is 5.56 Å². The summed E-state index contributed by atoms with van der Waals surface area (Å²) in [6.07, 6.45) is 5.15. The number of rotatable bonds is 4. The van der Waals surface area contributed by atoms with E-state index in [0.29, 0.717) is 4.47 Å². The van der Waals surface area contributed by atoms with Crippen LogP contribution in [-0.4, -0.2) is 14.9 Å². The topological polar surface area (TPSA) is 34.9 Å². The van der Waals surface area contributed by atoms with Crippen LogP contribution in [0.1, 0.15) is 12.8 Å². The molecule has 0 saturated carbocycles. The van der Waals surface area contributed by atoms with Gasteiger partial charge in [0.2, 0.25) is 0 Å². The minimum Gasteiger partial charge on any atom is -0.298 e. The van der Waals surface area contributed by atoms with Gasteiger partial charge in [-0.05, 0) is 28.8 Å². The first-order chi connectivity index (χ1) is 6.25. The van der Waals surface area contributed by atoms with Crippen molar-refractivity contribution in [3.05, 3.63) is 27.4 Å². The summed E-state index contributed by atoms with van der Waals surface area (Å²) in [7, 11) is 0. The minimum atomic E-state index is -0.00966. The molecule has 0 aliphatic carbocycles. The standard InChI is InChI=1S/C8H10Br2N2O/c9-3-1-2-4-12-6-11-5-7(10)8(12)13/h5-6H,1-4H2. The summed E-state index contributed by atoms with van der Waals surface area (Å²) in [4.78, 5) is 15.4. The van der Waals surface area contributed by atoms with Gasteiger partial charge in [0.05, 0.1) is 6.33 Å². The van der Waals surface area contributed by atoms with Crippen LogP contribution in [0.2, 0.25) is 0 Å². The van der Waals surface area contributed by atoms with Crippen LogP contribution >= 0.6 is 31.9 Å². The lowest BCUT2D eigenvalue weighted by atomic mass is 10.3. The largest absolute Gasteiger partial charge is 0.298 e. The van der Waals surface area contributed by atoms with Crippen molar-refractivity contribution in [1.82, 2.24) is 9.55 Å². The molecule has 13 heavy (non-hydrogen) atoms. The lowest BCUT2D eigenvalue weighted by Crippen LogP contribution is -2.20. The maximum Gasteiger partial charge on any atom is 0.267 e. The van der Waals surface area contributed by atoms with Gasteiger partial charge in [0.15, 0.2) is 0 Å². The highest BCUT2D eigenvalue weighted by molar-refractivity contribution is 9.10. The second kappa shape index (κ2) is 5.54. The Balaban J connectivity index is 2.67. The van der Waals surface area contributed by atoms with Crippen LogP contribution in [0.25, 0.3) is 0 Å². The molecule has 0 aliphatic heterocycles. The number of hydrogen-bond acceptors (Lipinski definition) is 2. The van der Waals surface area contributed by atoms with E-state index < -0.39 is 0 Å². The fraction of sp³-hybridized carbons (Fsp3) is 0.500. The van der Waals surface area contributed by atoms with Crippen LogP contribution in [0.4, 0.5) is 0 Å². The van der Waals surface area contributed by atoms with Gasteiger partial charge in [0, 0.05) is 18.1 Å². The van der Waals surface area contributed by atoms with Crippen molar-refractivity contribution in [1.29, 1.82) is 0 Å². The molecule has 1 heterocycles. The zero-order valence-corrected chi connectivity index (χ0v) is 10.2. The van der Waals surface area contributed by atoms with Gasteiger partial charge in [-0.1, -0.05) is 15.9 Å². The van der Waals surface area contributed by atoms with Gasteiger partial charge >= 0.3 is 0 Å². The van der Waals surface area contributed by atoms with Crippen LogP contribution < -0.4 is 5.56 Å². The summed E-state index contributed by atoms with van der Waals surface area (Å²) in [5.41, 5.74) is -0.00966. The molecule has 0 unspecified atom stereocenters. The van der Waals surface area contributed by atoms with Crippen molar-refractivity contribution in [2.24, 2.45) is 0 Å². The highest BCUT2D eigenvalue weighted by Crippen LogP contribution is 2.00. The van der Waals surface area contributed by atoms with E-state index in [1.165, 1.54) is 6.20 Å². The summed E-state index contributed by atoms with van der Waals surface area (Å²) in [5.74, 6) is 0. The van der Waals surface area contributed by atoms with Crippen molar-refractivity contribution >= 4 is 31.9 Å². The first-order valence-electron chi connectivity index (χ1n) is 4.01. The third kappa shape index (κ3) is 3.23. The Kier molecular flexibility index (Phi) is 4.66. The molecule has 0 spiro atoms. The molecule has 0 atom stereocenters. The van der Waals surface area contributed by atoms with Crippen molar-refractivity contribution in [2.45, 2.75) is 19.4 Å². The van der Waals surface area contributed by atoms with Crippen LogP contribution in [0, 0.1) is 0 Å². The second-order valence-electron chi connectivity index (χ2n) is 2.64. The van der Waals surface area contributed by atoms with Crippen LogP contribution in [0.5, 0.6) is 0 Å². The van der Waals surface area contributed by atoms with Crippen molar-refractivity contribution < 1.29 is 0 Å². The quantitative estimate of drug-likeness (QED) is 0.631. The molecule has 0 amide bonds. The maximum absolute atomic E-state index is 11.4. The highest BCUT2D eigenvalue weighted by atomic mass is 79.9. The van der Waals surface area contributed by atoms with Gasteiger partial charge in [0.1, 0.15) is 4.47 Å². The fourth-order valence-electron chi connectivity index (χ4n) is 0.960. The van der Waals surface area contributed by atoms with E-state index >= 15 is 0 Å². The Morgan fingerprint density at radius 3 is 2.92 bits per heavy atom. The summed E-state index contributed by atoms with van der Waals surface area (Å²) in [6, 6.07) is 0. The van der Waals surface area contributed by atoms with Gasteiger partial charge in [-0.2, -0.15) is 0 Å². The lowest BCUT2D eigenvalue weighted by molar-refractivity contribution is 0.604. The fourth-order valence-corrected chi connectivity index (χ4v) is 1.70. The third-order valence-electron chi connectivity index (χ3n) is 1.64. The smallest absolute Gasteiger partial charge is 0.267 e. The first-order valence-corrected chi connectivity index (χ1v) is 5.93. The lowest BCUT2D eigenvalue weighted by Gasteiger charge is -2.03.